The molecule has 6 heteroatoms. The maximum absolute atomic E-state index is 11.3. The molecule has 1 aliphatic rings. The lowest BCUT2D eigenvalue weighted by molar-refractivity contribution is -0.148. The van der Waals surface area contributed by atoms with Crippen molar-refractivity contribution in [1.82, 2.24) is 4.90 Å². The lowest BCUT2D eigenvalue weighted by Gasteiger charge is -2.30. The van der Waals surface area contributed by atoms with Crippen LogP contribution in [0.25, 0.3) is 0 Å². The van der Waals surface area contributed by atoms with Gasteiger partial charge >= 0.3 is 11.9 Å². The number of carbonyl (C=O) groups excluding carboxylic acids is 2. The van der Waals surface area contributed by atoms with Crippen LogP contribution in [0.4, 0.5) is 0 Å². The molecular formula is C18H33NO5. The first kappa shape index (κ1) is 20.9. The molecule has 0 amide bonds. The summed E-state index contributed by atoms with van der Waals surface area (Å²) >= 11 is 0. The maximum atomic E-state index is 11.3. The summed E-state index contributed by atoms with van der Waals surface area (Å²) in [6, 6.07) is 0. The van der Waals surface area contributed by atoms with Crippen LogP contribution in [0.5, 0.6) is 0 Å². The van der Waals surface area contributed by atoms with Gasteiger partial charge in [0.1, 0.15) is 6.10 Å². The number of unbranched alkanes of at least 4 members (excludes halogenated alkanes) is 5. The van der Waals surface area contributed by atoms with E-state index < -0.39 is 0 Å². The minimum atomic E-state index is -0.198. The number of ether oxygens (including phenoxy) is 3. The van der Waals surface area contributed by atoms with Crippen LogP contribution in [0, 0.1) is 0 Å². The fraction of sp³-hybridized carbons (Fsp3) is 0.889. The van der Waals surface area contributed by atoms with E-state index in [0.717, 1.165) is 77.8 Å². The van der Waals surface area contributed by atoms with E-state index in [9.17, 15) is 9.59 Å². The minimum Gasteiger partial charge on any atom is -0.469 e. The number of hydrogen-bond acceptors (Lipinski definition) is 6. The van der Waals surface area contributed by atoms with Crippen LogP contribution in [0.2, 0.25) is 0 Å². The summed E-state index contributed by atoms with van der Waals surface area (Å²) < 4.78 is 15.4. The quantitative estimate of drug-likeness (QED) is 0.401. The Balaban J connectivity index is 2.08. The van der Waals surface area contributed by atoms with Gasteiger partial charge in [-0.1, -0.05) is 25.7 Å². The summed E-state index contributed by atoms with van der Waals surface area (Å²) in [7, 11) is 1.43. The minimum absolute atomic E-state index is 0.0140. The van der Waals surface area contributed by atoms with Gasteiger partial charge in [-0.3, -0.25) is 14.5 Å². The lowest BCUT2D eigenvalue weighted by atomic mass is 10.1. The number of rotatable bonds is 12. The van der Waals surface area contributed by atoms with Crippen molar-refractivity contribution in [1.29, 1.82) is 0 Å². The largest absolute Gasteiger partial charge is 0.469 e. The molecule has 1 fully saturated rings. The fourth-order valence-electron chi connectivity index (χ4n) is 2.94. The van der Waals surface area contributed by atoms with E-state index in [2.05, 4.69) is 9.64 Å². The molecule has 0 aliphatic carbocycles. The Bertz CT molecular complexity index is 355. The van der Waals surface area contributed by atoms with Crippen molar-refractivity contribution in [2.75, 3.05) is 40.0 Å². The first-order chi connectivity index (χ1) is 11.6. The van der Waals surface area contributed by atoms with Crippen LogP contribution < -0.4 is 0 Å². The molecule has 0 spiro atoms. The van der Waals surface area contributed by atoms with E-state index in [1.165, 1.54) is 14.0 Å². The first-order valence-corrected chi connectivity index (χ1v) is 9.16. The number of nitrogens with zero attached hydrogens (tertiary/aromatic N) is 1. The summed E-state index contributed by atoms with van der Waals surface area (Å²) in [4.78, 5) is 24.6. The van der Waals surface area contributed by atoms with Crippen LogP contribution in [0.15, 0.2) is 0 Å². The molecule has 6 nitrogen and oxygen atoms in total. The van der Waals surface area contributed by atoms with Crippen molar-refractivity contribution in [3.8, 4) is 0 Å². The Morgan fingerprint density at radius 3 is 2.29 bits per heavy atom. The van der Waals surface area contributed by atoms with Crippen molar-refractivity contribution < 1.29 is 23.8 Å². The molecule has 0 bridgehead atoms. The Hall–Kier alpha value is -1.14. The van der Waals surface area contributed by atoms with Gasteiger partial charge < -0.3 is 14.2 Å². The Kier molecular flexibility index (Phi) is 11.5. The van der Waals surface area contributed by atoms with Crippen molar-refractivity contribution in [3.05, 3.63) is 0 Å². The molecule has 1 rings (SSSR count). The molecule has 0 saturated carbocycles. The van der Waals surface area contributed by atoms with Gasteiger partial charge in [0.15, 0.2) is 0 Å². The molecule has 0 N–H and O–H groups in total. The molecule has 0 radical (unpaired) electrons. The van der Waals surface area contributed by atoms with Gasteiger partial charge in [0.05, 0.1) is 20.3 Å². The maximum Gasteiger partial charge on any atom is 0.305 e. The van der Waals surface area contributed by atoms with Crippen LogP contribution >= 0.6 is 0 Å². The van der Waals surface area contributed by atoms with Crippen molar-refractivity contribution in [2.24, 2.45) is 0 Å². The van der Waals surface area contributed by atoms with E-state index in [1.54, 1.807) is 0 Å². The molecule has 1 heterocycles. The summed E-state index contributed by atoms with van der Waals surface area (Å²) in [5.41, 5.74) is 0. The van der Waals surface area contributed by atoms with Gasteiger partial charge in [0.2, 0.25) is 0 Å². The zero-order chi connectivity index (χ0) is 17.6. The van der Waals surface area contributed by atoms with Crippen LogP contribution in [-0.4, -0.2) is 62.9 Å². The van der Waals surface area contributed by atoms with E-state index in [4.69, 9.17) is 9.47 Å². The third-order valence-corrected chi connectivity index (χ3v) is 4.28. The molecule has 1 aliphatic heterocycles. The zero-order valence-corrected chi connectivity index (χ0v) is 15.3. The lowest BCUT2D eigenvalue weighted by Crippen LogP contribution is -2.42. The molecule has 0 aromatic rings. The van der Waals surface area contributed by atoms with Crippen LogP contribution in [0.3, 0.4) is 0 Å². The molecule has 24 heavy (non-hydrogen) atoms. The molecule has 1 unspecified atom stereocenters. The number of methoxy groups -OCH3 is 1. The van der Waals surface area contributed by atoms with Gasteiger partial charge in [0, 0.05) is 33.0 Å². The number of hydrogen-bond donors (Lipinski definition) is 0. The standard InChI is InChI=1S/C18H33NO5/c1-16(20)24-17(15-19-11-13-23-14-12-19)9-7-5-3-4-6-8-10-18(21)22-2/h17H,3-15H2,1-2H3. The average Bonchev–Trinajstić information content (AvgIpc) is 2.57. The second-order valence-corrected chi connectivity index (χ2v) is 6.38. The topological polar surface area (TPSA) is 65.1 Å². The van der Waals surface area contributed by atoms with Crippen LogP contribution in [0.1, 0.15) is 58.3 Å². The highest BCUT2D eigenvalue weighted by atomic mass is 16.5. The Morgan fingerprint density at radius 2 is 1.67 bits per heavy atom. The Morgan fingerprint density at radius 1 is 1.04 bits per heavy atom. The summed E-state index contributed by atoms with van der Waals surface area (Å²) in [5, 5.41) is 0. The second-order valence-electron chi connectivity index (χ2n) is 6.38. The monoisotopic (exact) mass is 343 g/mol. The smallest absolute Gasteiger partial charge is 0.305 e. The zero-order valence-electron chi connectivity index (χ0n) is 15.3. The third-order valence-electron chi connectivity index (χ3n) is 4.28. The summed E-state index contributed by atoms with van der Waals surface area (Å²) in [5.74, 6) is -0.321. The third kappa shape index (κ3) is 10.6. The SMILES string of the molecule is COC(=O)CCCCCCCCC(CN1CCOCC1)OC(C)=O. The highest BCUT2D eigenvalue weighted by molar-refractivity contribution is 5.68. The predicted molar refractivity (Wildman–Crippen MR) is 91.8 cm³/mol. The van der Waals surface area contributed by atoms with Gasteiger partial charge in [0.25, 0.3) is 0 Å². The van der Waals surface area contributed by atoms with Gasteiger partial charge in [-0.2, -0.15) is 0 Å². The molecule has 0 aromatic carbocycles. The number of carbonyl (C=O) groups is 2. The van der Waals surface area contributed by atoms with Crippen molar-refractivity contribution >= 4 is 11.9 Å². The predicted octanol–water partition coefficient (Wildman–Crippen LogP) is 2.54. The molecule has 140 valence electrons. The van der Waals surface area contributed by atoms with E-state index >= 15 is 0 Å². The second kappa shape index (κ2) is 13.2. The fourth-order valence-corrected chi connectivity index (χ4v) is 2.94. The molecule has 1 saturated heterocycles. The number of morpholine rings is 1. The Labute approximate surface area is 145 Å². The van der Waals surface area contributed by atoms with E-state index in [1.807, 2.05) is 0 Å². The summed E-state index contributed by atoms with van der Waals surface area (Å²) in [6.45, 7) is 5.64. The van der Waals surface area contributed by atoms with Crippen LogP contribution in [-0.2, 0) is 23.8 Å². The number of esters is 2. The molecular weight excluding hydrogens is 310 g/mol. The van der Waals surface area contributed by atoms with Crippen molar-refractivity contribution in [3.63, 3.8) is 0 Å². The highest BCUT2D eigenvalue weighted by Crippen LogP contribution is 2.13. The van der Waals surface area contributed by atoms with Gasteiger partial charge in [-0.25, -0.2) is 0 Å². The van der Waals surface area contributed by atoms with Gasteiger partial charge in [-0.05, 0) is 19.3 Å². The molecule has 0 aromatic heterocycles. The average molecular weight is 343 g/mol. The molecule has 1 atom stereocenters. The highest BCUT2D eigenvalue weighted by Gasteiger charge is 2.18. The van der Waals surface area contributed by atoms with Gasteiger partial charge in [-0.15, -0.1) is 0 Å². The van der Waals surface area contributed by atoms with Crippen molar-refractivity contribution in [2.45, 2.75) is 64.4 Å². The first-order valence-electron chi connectivity index (χ1n) is 9.16. The van der Waals surface area contributed by atoms with E-state index in [-0.39, 0.29) is 18.0 Å². The normalized spacial score (nSPS) is 16.6. The van der Waals surface area contributed by atoms with E-state index in [0.29, 0.717) is 6.42 Å². The summed E-state index contributed by atoms with van der Waals surface area (Å²) in [6.07, 6.45) is 7.89.